The normalized spacial score (nSPS) is 17.0. The molecule has 0 spiro atoms. The van der Waals surface area contributed by atoms with Gasteiger partial charge in [-0.15, -0.1) is 0 Å². The Morgan fingerprint density at radius 1 is 1.33 bits per heavy atom. The third-order valence-corrected chi connectivity index (χ3v) is 3.50. The van der Waals surface area contributed by atoms with Crippen molar-refractivity contribution in [1.82, 2.24) is 9.97 Å². The van der Waals surface area contributed by atoms with Gasteiger partial charge in [0.05, 0.1) is 0 Å². The van der Waals surface area contributed by atoms with Crippen LogP contribution in [0, 0.1) is 11.8 Å². The topological polar surface area (TPSA) is 75.9 Å². The highest BCUT2D eigenvalue weighted by Gasteiger charge is 2.16. The molecule has 1 aliphatic carbocycles. The Bertz CT molecular complexity index is 340. The molecule has 0 radical (unpaired) electrons. The summed E-state index contributed by atoms with van der Waals surface area (Å²) in [5, 5.41) is 6.65. The third-order valence-electron chi connectivity index (χ3n) is 3.50. The van der Waals surface area contributed by atoms with Gasteiger partial charge in [-0.1, -0.05) is 13.3 Å². The fraction of sp³-hybridized carbons (Fsp3) is 0.692. The molecule has 0 aromatic carbocycles. The van der Waals surface area contributed by atoms with Gasteiger partial charge in [0, 0.05) is 19.2 Å². The number of hydrogen-bond acceptors (Lipinski definition) is 5. The lowest BCUT2D eigenvalue weighted by Crippen LogP contribution is -2.22. The summed E-state index contributed by atoms with van der Waals surface area (Å²) in [6, 6.07) is 1.96. The van der Waals surface area contributed by atoms with Gasteiger partial charge in [-0.05, 0) is 31.2 Å². The molecule has 1 unspecified atom stereocenters. The van der Waals surface area contributed by atoms with E-state index in [1.54, 1.807) is 6.33 Å². The Balaban J connectivity index is 1.80. The van der Waals surface area contributed by atoms with Crippen LogP contribution in [0.5, 0.6) is 0 Å². The number of rotatable bonds is 7. The first-order chi connectivity index (χ1) is 8.78. The summed E-state index contributed by atoms with van der Waals surface area (Å²) in [6.45, 7) is 4.67. The smallest absolute Gasteiger partial charge is 0.131 e. The summed E-state index contributed by atoms with van der Waals surface area (Å²) >= 11 is 0. The highest BCUT2D eigenvalue weighted by Crippen LogP contribution is 2.26. The van der Waals surface area contributed by atoms with Crippen molar-refractivity contribution in [2.75, 3.05) is 30.3 Å². The first-order valence-corrected chi connectivity index (χ1v) is 6.77. The van der Waals surface area contributed by atoms with Crippen LogP contribution >= 0.6 is 0 Å². The number of nitrogens with one attached hydrogen (secondary N) is 2. The van der Waals surface area contributed by atoms with Gasteiger partial charge in [-0.25, -0.2) is 9.97 Å². The molecule has 1 fully saturated rings. The summed E-state index contributed by atoms with van der Waals surface area (Å²) in [5.74, 6) is 3.04. The SMILES string of the molecule is CC(CN)CNc1cc(NCC2CCC2)ncn1. The van der Waals surface area contributed by atoms with Gasteiger partial charge in [0.25, 0.3) is 0 Å². The molecule has 5 heteroatoms. The van der Waals surface area contributed by atoms with Crippen LogP contribution in [0.3, 0.4) is 0 Å². The zero-order valence-electron chi connectivity index (χ0n) is 11.0. The molecule has 18 heavy (non-hydrogen) atoms. The molecule has 0 saturated heterocycles. The van der Waals surface area contributed by atoms with E-state index in [0.717, 1.165) is 30.6 Å². The average Bonchev–Trinajstić information content (AvgIpc) is 2.34. The van der Waals surface area contributed by atoms with Gasteiger partial charge in [0.2, 0.25) is 0 Å². The van der Waals surface area contributed by atoms with Crippen molar-refractivity contribution in [3.8, 4) is 0 Å². The van der Waals surface area contributed by atoms with Crippen LogP contribution in [0.25, 0.3) is 0 Å². The van der Waals surface area contributed by atoms with E-state index >= 15 is 0 Å². The standard InChI is InChI=1S/C13H23N5/c1-10(6-14)7-15-12-5-13(18-9-17-12)16-8-11-3-2-4-11/h5,9-11H,2-4,6-8,14H2,1H3,(H2,15,16,17,18). The number of nitrogens with two attached hydrogens (primary N) is 1. The number of anilines is 2. The molecule has 1 saturated carbocycles. The maximum absolute atomic E-state index is 5.58. The van der Waals surface area contributed by atoms with Crippen LogP contribution in [-0.2, 0) is 0 Å². The first kappa shape index (κ1) is 13.1. The van der Waals surface area contributed by atoms with E-state index in [0.29, 0.717) is 12.5 Å². The molecular weight excluding hydrogens is 226 g/mol. The van der Waals surface area contributed by atoms with Crippen molar-refractivity contribution in [3.05, 3.63) is 12.4 Å². The van der Waals surface area contributed by atoms with E-state index < -0.39 is 0 Å². The van der Waals surface area contributed by atoms with Gasteiger partial charge < -0.3 is 16.4 Å². The van der Waals surface area contributed by atoms with Gasteiger partial charge in [0.1, 0.15) is 18.0 Å². The second-order valence-corrected chi connectivity index (χ2v) is 5.19. The molecule has 0 aliphatic heterocycles. The minimum atomic E-state index is 0.450. The van der Waals surface area contributed by atoms with Crippen LogP contribution in [0.1, 0.15) is 26.2 Å². The molecule has 1 atom stereocenters. The van der Waals surface area contributed by atoms with Crippen molar-refractivity contribution < 1.29 is 0 Å². The minimum absolute atomic E-state index is 0.450. The second-order valence-electron chi connectivity index (χ2n) is 5.19. The van der Waals surface area contributed by atoms with Crippen molar-refractivity contribution >= 4 is 11.6 Å². The molecule has 100 valence electrons. The van der Waals surface area contributed by atoms with E-state index in [9.17, 15) is 0 Å². The van der Waals surface area contributed by atoms with E-state index in [2.05, 4.69) is 27.5 Å². The molecule has 1 aromatic heterocycles. The predicted octanol–water partition coefficient (Wildman–Crippen LogP) is 1.70. The molecule has 4 N–H and O–H groups in total. The van der Waals surface area contributed by atoms with Crippen LogP contribution in [0.2, 0.25) is 0 Å². The Hall–Kier alpha value is -1.36. The molecule has 5 nitrogen and oxygen atoms in total. The molecule has 2 rings (SSSR count). The monoisotopic (exact) mass is 249 g/mol. The van der Waals surface area contributed by atoms with E-state index in [1.165, 1.54) is 19.3 Å². The highest BCUT2D eigenvalue weighted by atomic mass is 15.1. The molecular formula is C13H23N5. The Kier molecular flexibility index (Phi) is 4.75. The Morgan fingerprint density at radius 2 is 2.06 bits per heavy atom. The van der Waals surface area contributed by atoms with Crippen molar-refractivity contribution in [3.63, 3.8) is 0 Å². The van der Waals surface area contributed by atoms with Gasteiger partial charge in [-0.3, -0.25) is 0 Å². The van der Waals surface area contributed by atoms with Gasteiger partial charge in [0.15, 0.2) is 0 Å². The molecule has 1 aromatic rings. The maximum atomic E-state index is 5.58. The van der Waals surface area contributed by atoms with E-state index in [4.69, 9.17) is 5.73 Å². The Labute approximate surface area is 109 Å². The molecule has 0 bridgehead atoms. The molecule has 1 heterocycles. The quantitative estimate of drug-likeness (QED) is 0.685. The lowest BCUT2D eigenvalue weighted by Gasteiger charge is -2.25. The van der Waals surface area contributed by atoms with Crippen molar-refractivity contribution in [1.29, 1.82) is 0 Å². The maximum Gasteiger partial charge on any atom is 0.131 e. The third kappa shape index (κ3) is 3.84. The summed E-state index contributed by atoms with van der Waals surface area (Å²) in [5.41, 5.74) is 5.58. The minimum Gasteiger partial charge on any atom is -0.370 e. The van der Waals surface area contributed by atoms with Gasteiger partial charge in [-0.2, -0.15) is 0 Å². The average molecular weight is 249 g/mol. The second kappa shape index (κ2) is 6.54. The predicted molar refractivity (Wildman–Crippen MR) is 74.6 cm³/mol. The fourth-order valence-electron chi connectivity index (χ4n) is 1.86. The summed E-state index contributed by atoms with van der Waals surface area (Å²) in [4.78, 5) is 8.43. The summed E-state index contributed by atoms with van der Waals surface area (Å²) in [7, 11) is 0. The lowest BCUT2D eigenvalue weighted by atomic mass is 9.85. The first-order valence-electron chi connectivity index (χ1n) is 6.77. The number of nitrogens with zero attached hydrogens (tertiary/aromatic N) is 2. The summed E-state index contributed by atoms with van der Waals surface area (Å²) < 4.78 is 0. The number of hydrogen-bond donors (Lipinski definition) is 3. The zero-order chi connectivity index (χ0) is 12.8. The Morgan fingerprint density at radius 3 is 2.67 bits per heavy atom. The lowest BCUT2D eigenvalue weighted by molar-refractivity contribution is 0.333. The van der Waals surface area contributed by atoms with Crippen molar-refractivity contribution in [2.45, 2.75) is 26.2 Å². The van der Waals surface area contributed by atoms with E-state index in [-0.39, 0.29) is 0 Å². The largest absolute Gasteiger partial charge is 0.370 e. The molecule has 1 aliphatic rings. The van der Waals surface area contributed by atoms with Gasteiger partial charge >= 0.3 is 0 Å². The van der Waals surface area contributed by atoms with Crippen LogP contribution in [-0.4, -0.2) is 29.6 Å². The van der Waals surface area contributed by atoms with Crippen LogP contribution in [0.4, 0.5) is 11.6 Å². The van der Waals surface area contributed by atoms with E-state index in [1.807, 2.05) is 6.07 Å². The number of aromatic nitrogens is 2. The molecule has 0 amide bonds. The van der Waals surface area contributed by atoms with Crippen LogP contribution in [0.15, 0.2) is 12.4 Å². The highest BCUT2D eigenvalue weighted by molar-refractivity contribution is 5.46. The summed E-state index contributed by atoms with van der Waals surface area (Å²) in [6.07, 6.45) is 5.66. The van der Waals surface area contributed by atoms with Crippen LogP contribution < -0.4 is 16.4 Å². The van der Waals surface area contributed by atoms with Crippen molar-refractivity contribution in [2.24, 2.45) is 17.6 Å². The fourth-order valence-corrected chi connectivity index (χ4v) is 1.86. The zero-order valence-corrected chi connectivity index (χ0v) is 11.0.